The molecule has 4 atom stereocenters. The number of fused-ring (bicyclic) bond motifs is 3. The third kappa shape index (κ3) is 5.32. The Balaban J connectivity index is 1.41. The Morgan fingerprint density at radius 1 is 1.13 bits per heavy atom. The molecule has 1 aliphatic carbocycles. The Kier molecular flexibility index (Phi) is 8.05. The quantitative estimate of drug-likeness (QED) is 0.285. The molecular formula is C31H34BrNO5. The predicted octanol–water partition coefficient (Wildman–Crippen LogP) is 6.14. The zero-order valence-corrected chi connectivity index (χ0v) is 23.4. The predicted molar refractivity (Wildman–Crippen MR) is 149 cm³/mol. The number of aromatic hydroxyl groups is 1. The molecule has 2 saturated heterocycles. The summed E-state index contributed by atoms with van der Waals surface area (Å²) in [6, 6.07) is 15.1. The standard InChI is InChI=1S/C31H34BrNO5/c1-3-7-19(14-20-15-22(32)11-12-26(20)34)10-13-27-28-21(17-37-23-8-5-4-6-9-23)16-24-29(25(28)18-38-27)31(36)33(2)30(24)35/h4-6,8-9,11-12,14-15,24-25,27,29,34H,3,7,10,13,16-18H2,1-2H3/b19-14+/t24-,25+,27-,29-/m1/s1. The van der Waals surface area contributed by atoms with Gasteiger partial charge < -0.3 is 14.6 Å². The van der Waals surface area contributed by atoms with Crippen LogP contribution in [0.1, 0.15) is 44.6 Å². The minimum absolute atomic E-state index is 0.0912. The fourth-order valence-electron chi connectivity index (χ4n) is 6.22. The summed E-state index contributed by atoms with van der Waals surface area (Å²) in [6.07, 6.45) is 6.00. The van der Waals surface area contributed by atoms with Crippen molar-refractivity contribution in [2.24, 2.45) is 17.8 Å². The molecule has 2 heterocycles. The number of halogens is 1. The molecule has 1 N–H and O–H groups in total. The van der Waals surface area contributed by atoms with E-state index in [9.17, 15) is 14.7 Å². The molecule has 2 aliphatic heterocycles. The van der Waals surface area contributed by atoms with Crippen LogP contribution in [-0.4, -0.2) is 48.2 Å². The Morgan fingerprint density at radius 2 is 1.92 bits per heavy atom. The maximum atomic E-state index is 13.1. The zero-order valence-electron chi connectivity index (χ0n) is 21.9. The van der Waals surface area contributed by atoms with Gasteiger partial charge in [-0.2, -0.15) is 0 Å². The summed E-state index contributed by atoms with van der Waals surface area (Å²) >= 11 is 3.50. The third-order valence-corrected chi connectivity index (χ3v) is 8.53. The molecule has 2 aromatic carbocycles. The number of hydrogen-bond donors (Lipinski definition) is 1. The van der Waals surface area contributed by atoms with E-state index < -0.39 is 0 Å². The zero-order chi connectivity index (χ0) is 26.8. The van der Waals surface area contributed by atoms with Gasteiger partial charge in [-0.25, -0.2) is 0 Å². The number of benzene rings is 2. The first kappa shape index (κ1) is 26.7. The minimum atomic E-state index is -0.350. The molecule has 0 bridgehead atoms. The topological polar surface area (TPSA) is 76.1 Å². The summed E-state index contributed by atoms with van der Waals surface area (Å²) in [6.45, 7) is 2.98. The van der Waals surface area contributed by atoms with Gasteiger partial charge in [0.1, 0.15) is 18.1 Å². The van der Waals surface area contributed by atoms with Crippen molar-refractivity contribution >= 4 is 33.8 Å². The maximum Gasteiger partial charge on any atom is 0.233 e. The highest BCUT2D eigenvalue weighted by atomic mass is 79.9. The maximum absolute atomic E-state index is 13.1. The number of nitrogens with zero attached hydrogens (tertiary/aromatic N) is 1. The number of carbonyl (C=O) groups is 2. The fraction of sp³-hybridized carbons (Fsp3) is 0.419. The number of likely N-dealkylation sites (tertiary alicyclic amines) is 1. The Labute approximate surface area is 232 Å². The first-order valence-electron chi connectivity index (χ1n) is 13.4. The molecule has 5 rings (SSSR count). The molecule has 2 aromatic rings. The van der Waals surface area contributed by atoms with E-state index in [2.05, 4.69) is 28.9 Å². The number of phenolic OH excluding ortho intramolecular Hbond substituents is 1. The first-order valence-corrected chi connectivity index (χ1v) is 14.2. The van der Waals surface area contributed by atoms with Gasteiger partial charge in [0, 0.05) is 23.0 Å². The second-order valence-electron chi connectivity index (χ2n) is 10.5. The van der Waals surface area contributed by atoms with Crippen LogP contribution in [0.4, 0.5) is 0 Å². The Bertz CT molecular complexity index is 1270. The second kappa shape index (κ2) is 11.5. The van der Waals surface area contributed by atoms with E-state index >= 15 is 0 Å². The van der Waals surface area contributed by atoms with Gasteiger partial charge in [0.25, 0.3) is 0 Å². The second-order valence-corrected chi connectivity index (χ2v) is 11.4. The van der Waals surface area contributed by atoms with Gasteiger partial charge >= 0.3 is 0 Å². The van der Waals surface area contributed by atoms with Gasteiger partial charge in [-0.3, -0.25) is 14.5 Å². The van der Waals surface area contributed by atoms with Crippen molar-refractivity contribution in [1.29, 1.82) is 0 Å². The molecule has 2 fully saturated rings. The van der Waals surface area contributed by atoms with Crippen molar-refractivity contribution in [1.82, 2.24) is 4.90 Å². The average molecular weight is 581 g/mol. The SMILES string of the molecule is CCC/C(=C\c1cc(Br)ccc1O)CC[C@H]1OC[C@H]2C1=C(COc1ccccc1)C[C@H]1C(=O)N(C)C(=O)[C@H]12. The summed E-state index contributed by atoms with van der Waals surface area (Å²) in [5, 5.41) is 10.4. The summed E-state index contributed by atoms with van der Waals surface area (Å²) in [5.41, 5.74) is 4.28. The van der Waals surface area contributed by atoms with E-state index in [1.54, 1.807) is 13.1 Å². The van der Waals surface area contributed by atoms with Crippen LogP contribution in [0.25, 0.3) is 6.08 Å². The van der Waals surface area contributed by atoms with Gasteiger partial charge in [-0.1, -0.05) is 59.1 Å². The summed E-state index contributed by atoms with van der Waals surface area (Å²) in [4.78, 5) is 27.3. The molecule has 3 aliphatic rings. The van der Waals surface area contributed by atoms with Gasteiger partial charge in [0.15, 0.2) is 0 Å². The smallest absolute Gasteiger partial charge is 0.233 e. The van der Waals surface area contributed by atoms with E-state index in [0.717, 1.165) is 52.6 Å². The van der Waals surface area contributed by atoms with Crippen molar-refractivity contribution in [3.05, 3.63) is 75.3 Å². The lowest BCUT2D eigenvalue weighted by Gasteiger charge is -2.32. The monoisotopic (exact) mass is 579 g/mol. The van der Waals surface area contributed by atoms with Crippen LogP contribution >= 0.6 is 15.9 Å². The van der Waals surface area contributed by atoms with Crippen LogP contribution in [-0.2, 0) is 14.3 Å². The van der Waals surface area contributed by atoms with Crippen LogP contribution in [0.2, 0.25) is 0 Å². The summed E-state index contributed by atoms with van der Waals surface area (Å²) < 4.78 is 13.4. The number of para-hydroxylation sites is 1. The van der Waals surface area contributed by atoms with Gasteiger partial charge in [0.2, 0.25) is 11.8 Å². The highest BCUT2D eigenvalue weighted by Gasteiger charge is 2.56. The van der Waals surface area contributed by atoms with Crippen LogP contribution in [0.5, 0.6) is 11.5 Å². The minimum Gasteiger partial charge on any atom is -0.507 e. The molecule has 2 amide bonds. The lowest BCUT2D eigenvalue weighted by atomic mass is 9.69. The number of ether oxygens (including phenoxy) is 2. The number of phenols is 1. The highest BCUT2D eigenvalue weighted by Crippen LogP contribution is 2.49. The van der Waals surface area contributed by atoms with Crippen LogP contribution in [0.3, 0.4) is 0 Å². The number of imide groups is 1. The summed E-state index contributed by atoms with van der Waals surface area (Å²) in [7, 11) is 1.59. The molecule has 6 nitrogen and oxygen atoms in total. The van der Waals surface area contributed by atoms with Crippen molar-refractivity contribution in [2.45, 2.75) is 45.1 Å². The van der Waals surface area contributed by atoms with Crippen LogP contribution in [0, 0.1) is 17.8 Å². The van der Waals surface area contributed by atoms with E-state index in [1.165, 1.54) is 10.5 Å². The van der Waals surface area contributed by atoms with Gasteiger partial charge in [-0.05, 0) is 67.2 Å². The average Bonchev–Trinajstić information content (AvgIpc) is 3.43. The number of rotatable bonds is 9. The number of allylic oxidation sites excluding steroid dienone is 1. The molecule has 200 valence electrons. The lowest BCUT2D eigenvalue weighted by molar-refractivity contribution is -0.138. The number of carbonyl (C=O) groups excluding carboxylic acids is 2. The van der Waals surface area contributed by atoms with Crippen molar-refractivity contribution < 1.29 is 24.2 Å². The largest absolute Gasteiger partial charge is 0.507 e. The van der Waals surface area contributed by atoms with Crippen LogP contribution < -0.4 is 4.74 Å². The summed E-state index contributed by atoms with van der Waals surface area (Å²) in [5.74, 6) is 0.0669. The fourth-order valence-corrected chi connectivity index (χ4v) is 6.60. The van der Waals surface area contributed by atoms with E-state index in [4.69, 9.17) is 9.47 Å². The first-order chi connectivity index (χ1) is 18.4. The van der Waals surface area contributed by atoms with Crippen molar-refractivity contribution in [2.75, 3.05) is 20.3 Å². The van der Waals surface area contributed by atoms with E-state index in [1.807, 2.05) is 42.5 Å². The Morgan fingerprint density at radius 3 is 2.68 bits per heavy atom. The molecule has 0 unspecified atom stereocenters. The van der Waals surface area contributed by atoms with E-state index in [-0.39, 0.29) is 41.4 Å². The van der Waals surface area contributed by atoms with Crippen LogP contribution in [0.15, 0.2) is 69.7 Å². The normalized spacial score (nSPS) is 25.1. The van der Waals surface area contributed by atoms with Crippen molar-refractivity contribution in [3.63, 3.8) is 0 Å². The third-order valence-electron chi connectivity index (χ3n) is 8.03. The molecule has 0 saturated carbocycles. The lowest BCUT2D eigenvalue weighted by Crippen LogP contribution is -2.35. The van der Waals surface area contributed by atoms with Crippen molar-refractivity contribution in [3.8, 4) is 11.5 Å². The Hall–Kier alpha value is -2.90. The molecular weight excluding hydrogens is 546 g/mol. The number of hydrogen-bond acceptors (Lipinski definition) is 5. The molecule has 0 spiro atoms. The molecule has 7 heteroatoms. The van der Waals surface area contributed by atoms with Gasteiger partial charge in [0.05, 0.1) is 24.5 Å². The number of amides is 2. The van der Waals surface area contributed by atoms with Gasteiger partial charge in [-0.15, -0.1) is 0 Å². The van der Waals surface area contributed by atoms with E-state index in [0.29, 0.717) is 19.6 Å². The molecule has 38 heavy (non-hydrogen) atoms. The molecule has 0 radical (unpaired) electrons. The molecule has 0 aromatic heterocycles. The highest BCUT2D eigenvalue weighted by molar-refractivity contribution is 9.10.